The summed E-state index contributed by atoms with van der Waals surface area (Å²) in [6, 6.07) is 12.0. The smallest absolute Gasteiger partial charge is 0.407 e. The number of nitrogens with one attached hydrogen (secondary N) is 1. The van der Waals surface area contributed by atoms with E-state index >= 15 is 0 Å². The minimum Gasteiger partial charge on any atom is -0.495 e. The molecule has 5 rings (SSSR count). The fraction of sp³-hybridized carbons (Fsp3) is 0.514. The topological polar surface area (TPSA) is 131 Å². The lowest BCUT2D eigenvalue weighted by atomic mass is 9.78. The van der Waals surface area contributed by atoms with Crippen molar-refractivity contribution in [3.8, 4) is 23.1 Å². The number of methoxy groups -OCH3 is 1. The largest absolute Gasteiger partial charge is 0.495 e. The number of carbonyl (C=O) groups excluding carboxylic acids is 2. The third kappa shape index (κ3) is 7.64. The molecule has 10 nitrogen and oxygen atoms in total. The molecule has 2 amide bonds. The van der Waals surface area contributed by atoms with Gasteiger partial charge in [0.1, 0.15) is 35.7 Å². The van der Waals surface area contributed by atoms with E-state index in [1.807, 2.05) is 43.0 Å². The summed E-state index contributed by atoms with van der Waals surface area (Å²) in [7, 11) is 3.13. The molecule has 0 atom stereocenters. The first-order valence-electron chi connectivity index (χ1n) is 16.0. The number of anilines is 1. The predicted molar refractivity (Wildman–Crippen MR) is 170 cm³/mol. The summed E-state index contributed by atoms with van der Waals surface area (Å²) in [5.74, 6) is 2.63. The number of alkyl carbamates (subject to hydrolysis) is 1. The minimum absolute atomic E-state index is 0.0667. The van der Waals surface area contributed by atoms with Crippen LogP contribution >= 0.6 is 0 Å². The van der Waals surface area contributed by atoms with Gasteiger partial charge in [-0.2, -0.15) is 5.26 Å². The molecular weight excluding hydrogens is 570 g/mol. The fourth-order valence-corrected chi connectivity index (χ4v) is 6.57. The summed E-state index contributed by atoms with van der Waals surface area (Å²) in [6.07, 6.45) is 9.29. The summed E-state index contributed by atoms with van der Waals surface area (Å²) in [6.45, 7) is 4.65. The molecule has 45 heavy (non-hydrogen) atoms. The van der Waals surface area contributed by atoms with Gasteiger partial charge in [0.2, 0.25) is 5.91 Å². The van der Waals surface area contributed by atoms with E-state index in [0.717, 1.165) is 42.5 Å². The van der Waals surface area contributed by atoms with Crippen LogP contribution in [0, 0.1) is 23.2 Å². The Balaban J connectivity index is 1.32. The van der Waals surface area contributed by atoms with E-state index in [-0.39, 0.29) is 23.8 Å². The molecule has 3 aromatic rings. The summed E-state index contributed by atoms with van der Waals surface area (Å²) in [5.41, 5.74) is 3.30. The number of rotatable bonds is 9. The summed E-state index contributed by atoms with van der Waals surface area (Å²) in [5, 5.41) is 12.1. The Hall–Kier alpha value is -4.39. The molecule has 2 aliphatic carbocycles. The lowest BCUT2D eigenvalue weighted by molar-refractivity contribution is -0.124. The van der Waals surface area contributed by atoms with Crippen molar-refractivity contribution in [2.45, 2.75) is 83.2 Å². The molecule has 238 valence electrons. The lowest BCUT2D eigenvalue weighted by Crippen LogP contribution is -2.42. The lowest BCUT2D eigenvalue weighted by Gasteiger charge is -2.35. The summed E-state index contributed by atoms with van der Waals surface area (Å²) >= 11 is 0. The monoisotopic (exact) mass is 613 g/mol. The Labute approximate surface area is 265 Å². The van der Waals surface area contributed by atoms with Crippen LogP contribution in [0.15, 0.2) is 47.2 Å². The number of oxazole rings is 1. The summed E-state index contributed by atoms with van der Waals surface area (Å²) in [4.78, 5) is 37.1. The summed E-state index contributed by atoms with van der Waals surface area (Å²) < 4.78 is 16.5. The molecule has 10 heteroatoms. The van der Waals surface area contributed by atoms with Crippen LogP contribution in [-0.2, 0) is 9.53 Å². The Morgan fingerprint density at radius 2 is 1.84 bits per heavy atom. The molecule has 1 N–H and O–H groups in total. The molecule has 2 aromatic heterocycles. The van der Waals surface area contributed by atoms with Gasteiger partial charge in [-0.05, 0) is 93.0 Å². The average Bonchev–Trinajstić information content (AvgIpc) is 3.58. The van der Waals surface area contributed by atoms with Gasteiger partial charge in [0.25, 0.3) is 0 Å². The molecule has 2 saturated carbocycles. The first-order valence-corrected chi connectivity index (χ1v) is 16.0. The molecule has 0 spiro atoms. The highest BCUT2D eigenvalue weighted by Gasteiger charge is 2.34. The van der Waals surface area contributed by atoms with E-state index in [2.05, 4.69) is 27.4 Å². The Morgan fingerprint density at radius 1 is 1.09 bits per heavy atom. The van der Waals surface area contributed by atoms with Crippen molar-refractivity contribution in [3.05, 3.63) is 59.8 Å². The second-order valence-corrected chi connectivity index (χ2v) is 12.5. The van der Waals surface area contributed by atoms with Crippen molar-refractivity contribution in [2.24, 2.45) is 11.8 Å². The van der Waals surface area contributed by atoms with Crippen LogP contribution in [0.3, 0.4) is 0 Å². The van der Waals surface area contributed by atoms with E-state index in [1.165, 1.54) is 0 Å². The van der Waals surface area contributed by atoms with Gasteiger partial charge in [0, 0.05) is 37.2 Å². The van der Waals surface area contributed by atoms with Gasteiger partial charge in [-0.1, -0.05) is 19.9 Å². The van der Waals surface area contributed by atoms with Crippen molar-refractivity contribution < 1.29 is 23.5 Å². The van der Waals surface area contributed by atoms with Gasteiger partial charge in [0.15, 0.2) is 5.89 Å². The molecule has 0 unspecified atom stereocenters. The van der Waals surface area contributed by atoms with E-state index in [0.29, 0.717) is 67.1 Å². The number of hydrogen-bond donors (Lipinski definition) is 1. The zero-order valence-electron chi connectivity index (χ0n) is 26.6. The number of pyridine rings is 1. The second-order valence-electron chi connectivity index (χ2n) is 12.5. The van der Waals surface area contributed by atoms with E-state index < -0.39 is 6.09 Å². The van der Waals surface area contributed by atoms with Crippen LogP contribution in [0.2, 0.25) is 0 Å². The number of amides is 2. The van der Waals surface area contributed by atoms with E-state index in [9.17, 15) is 14.9 Å². The molecule has 0 aliphatic heterocycles. The maximum atomic E-state index is 14.2. The number of hydrogen-bond acceptors (Lipinski definition) is 8. The van der Waals surface area contributed by atoms with Gasteiger partial charge >= 0.3 is 6.09 Å². The predicted octanol–water partition coefficient (Wildman–Crippen LogP) is 6.96. The first-order chi connectivity index (χ1) is 21.8. The van der Waals surface area contributed by atoms with Crippen molar-refractivity contribution in [1.29, 1.82) is 5.26 Å². The average molecular weight is 614 g/mol. The quantitative estimate of drug-likeness (QED) is 0.274. The first kappa shape index (κ1) is 32.0. The Morgan fingerprint density at radius 3 is 2.49 bits per heavy atom. The van der Waals surface area contributed by atoms with Gasteiger partial charge < -0.3 is 19.2 Å². The van der Waals surface area contributed by atoms with E-state index in [1.54, 1.807) is 26.6 Å². The highest BCUT2D eigenvalue weighted by molar-refractivity contribution is 5.94. The maximum absolute atomic E-state index is 14.2. The molecular formula is C35H43N5O5. The van der Waals surface area contributed by atoms with Crippen molar-refractivity contribution >= 4 is 17.8 Å². The molecule has 0 saturated heterocycles. The minimum atomic E-state index is -0.435. The SMILES string of the molecule is CNC(=O)OC1CCC(C(=O)N(CC2CCC(c3ccc(OC)c(C#N)c3)CC2)c2cc(-c3coc(C(C)C)n3)ccn2)CC1. The van der Waals surface area contributed by atoms with Crippen LogP contribution < -0.4 is 15.0 Å². The van der Waals surface area contributed by atoms with Gasteiger partial charge in [-0.15, -0.1) is 0 Å². The Kier molecular flexibility index (Phi) is 10.4. The fourth-order valence-electron chi connectivity index (χ4n) is 6.57. The number of ether oxygens (including phenoxy) is 2. The number of nitriles is 1. The molecule has 0 bridgehead atoms. The molecule has 2 heterocycles. The number of nitrogens with zero attached hydrogens (tertiary/aromatic N) is 4. The molecule has 2 fully saturated rings. The van der Waals surface area contributed by atoms with Crippen molar-refractivity contribution in [2.75, 3.05) is 25.6 Å². The van der Waals surface area contributed by atoms with Crippen LogP contribution in [-0.4, -0.2) is 48.8 Å². The number of carbonyl (C=O) groups is 2. The maximum Gasteiger partial charge on any atom is 0.407 e. The molecule has 2 aliphatic rings. The van der Waals surface area contributed by atoms with Gasteiger partial charge in [0.05, 0.1) is 12.7 Å². The third-order valence-electron chi connectivity index (χ3n) is 9.20. The van der Waals surface area contributed by atoms with Crippen LogP contribution in [0.4, 0.5) is 10.6 Å². The number of aromatic nitrogens is 2. The van der Waals surface area contributed by atoms with Gasteiger partial charge in [-0.3, -0.25) is 9.69 Å². The highest BCUT2D eigenvalue weighted by Crippen LogP contribution is 2.39. The second kappa shape index (κ2) is 14.6. The van der Waals surface area contributed by atoms with Gasteiger partial charge in [-0.25, -0.2) is 14.8 Å². The van der Waals surface area contributed by atoms with Crippen LogP contribution in [0.5, 0.6) is 5.75 Å². The zero-order valence-corrected chi connectivity index (χ0v) is 26.6. The standard InChI is InChI=1S/C35H43N5O5/c1-22(2)33-39-30(21-44-33)27-15-16-38-32(18-27)40(34(41)25-9-12-29(13-10-25)45-35(42)37-3)20-23-5-7-24(8-6-23)26-11-14-31(43-4)28(17-26)19-36/h11,14-18,21-25,29H,5-10,12-13,20H2,1-4H3,(H,37,42). The third-order valence-corrected chi connectivity index (χ3v) is 9.20. The molecule has 0 radical (unpaired) electrons. The highest BCUT2D eigenvalue weighted by atomic mass is 16.6. The number of benzene rings is 1. The van der Waals surface area contributed by atoms with Crippen molar-refractivity contribution in [3.63, 3.8) is 0 Å². The van der Waals surface area contributed by atoms with Crippen LogP contribution in [0.1, 0.15) is 94.1 Å². The normalized spacial score (nSPS) is 21.5. The van der Waals surface area contributed by atoms with Crippen LogP contribution in [0.25, 0.3) is 11.3 Å². The zero-order chi connectivity index (χ0) is 31.9. The van der Waals surface area contributed by atoms with E-state index in [4.69, 9.17) is 13.9 Å². The van der Waals surface area contributed by atoms with Crippen molar-refractivity contribution in [1.82, 2.24) is 15.3 Å². The molecule has 1 aromatic carbocycles. The Bertz CT molecular complexity index is 1510.